The highest BCUT2D eigenvalue weighted by molar-refractivity contribution is 6.20. The van der Waals surface area contributed by atoms with Crippen LogP contribution in [0.15, 0.2) is 0 Å². The maximum atomic E-state index is 6.57. The summed E-state index contributed by atoms with van der Waals surface area (Å²) >= 11 is 6.57. The van der Waals surface area contributed by atoms with E-state index in [9.17, 15) is 0 Å². The zero-order valence-electron chi connectivity index (χ0n) is 11.0. The molecule has 0 bridgehead atoms. The molecule has 0 aromatic heterocycles. The number of rotatable bonds is 2. The van der Waals surface area contributed by atoms with E-state index in [4.69, 9.17) is 11.6 Å². The van der Waals surface area contributed by atoms with Gasteiger partial charge in [0.2, 0.25) is 0 Å². The number of likely N-dealkylation sites (tertiary alicyclic amines) is 1. The van der Waals surface area contributed by atoms with Crippen molar-refractivity contribution in [3.63, 3.8) is 0 Å². The van der Waals surface area contributed by atoms with Crippen LogP contribution in [0.3, 0.4) is 0 Å². The Morgan fingerprint density at radius 2 is 2.06 bits per heavy atom. The topological polar surface area (TPSA) is 3.24 Å². The minimum atomic E-state index is 0.429. The van der Waals surface area contributed by atoms with Gasteiger partial charge in [-0.3, -0.25) is 0 Å². The molecule has 1 aliphatic heterocycles. The molecule has 0 radical (unpaired) electrons. The molecule has 1 aliphatic carbocycles. The van der Waals surface area contributed by atoms with Crippen LogP contribution < -0.4 is 0 Å². The van der Waals surface area contributed by atoms with E-state index in [0.29, 0.717) is 5.38 Å². The molecule has 5 unspecified atom stereocenters. The molecule has 1 nitrogen and oxygen atoms in total. The Hall–Kier alpha value is 0.250. The predicted octanol–water partition coefficient (Wildman–Crippen LogP) is 3.62. The summed E-state index contributed by atoms with van der Waals surface area (Å²) in [5.74, 6) is 3.41. The SMILES string of the molecule is CCC1C(Cl)CC2CN(CC)CCC2C1C. The van der Waals surface area contributed by atoms with Crippen LogP contribution >= 0.6 is 11.6 Å². The zero-order valence-corrected chi connectivity index (χ0v) is 11.7. The highest BCUT2D eigenvalue weighted by Gasteiger charge is 2.42. The van der Waals surface area contributed by atoms with Gasteiger partial charge < -0.3 is 4.90 Å². The lowest BCUT2D eigenvalue weighted by molar-refractivity contribution is 0.0263. The van der Waals surface area contributed by atoms with Crippen LogP contribution in [-0.2, 0) is 0 Å². The summed E-state index contributed by atoms with van der Waals surface area (Å²) in [5.41, 5.74) is 0. The van der Waals surface area contributed by atoms with Crippen molar-refractivity contribution in [1.82, 2.24) is 4.90 Å². The number of alkyl halides is 1. The van der Waals surface area contributed by atoms with Gasteiger partial charge in [0, 0.05) is 11.9 Å². The fraction of sp³-hybridized carbons (Fsp3) is 1.00. The van der Waals surface area contributed by atoms with Crippen molar-refractivity contribution in [3.05, 3.63) is 0 Å². The summed E-state index contributed by atoms with van der Waals surface area (Å²) < 4.78 is 0. The molecule has 2 rings (SSSR count). The number of hydrogen-bond donors (Lipinski definition) is 0. The van der Waals surface area contributed by atoms with Gasteiger partial charge in [0.25, 0.3) is 0 Å². The van der Waals surface area contributed by atoms with Crippen LogP contribution in [-0.4, -0.2) is 29.9 Å². The zero-order chi connectivity index (χ0) is 11.7. The molecule has 5 atom stereocenters. The maximum Gasteiger partial charge on any atom is 0.0370 e. The first-order chi connectivity index (χ1) is 7.67. The van der Waals surface area contributed by atoms with Crippen LogP contribution in [0.2, 0.25) is 0 Å². The van der Waals surface area contributed by atoms with Crippen LogP contribution in [0.1, 0.15) is 40.0 Å². The number of nitrogens with zero attached hydrogens (tertiary/aromatic N) is 1. The fourth-order valence-electron chi connectivity index (χ4n) is 4.09. The number of fused-ring (bicyclic) bond motifs is 1. The van der Waals surface area contributed by atoms with Crippen molar-refractivity contribution in [2.45, 2.75) is 45.4 Å². The first-order valence-electron chi connectivity index (χ1n) is 7.03. The third-order valence-corrected chi connectivity index (χ3v) is 5.64. The van der Waals surface area contributed by atoms with E-state index >= 15 is 0 Å². The monoisotopic (exact) mass is 243 g/mol. The molecule has 1 saturated heterocycles. The third-order valence-electron chi connectivity index (χ3n) is 5.14. The summed E-state index contributed by atoms with van der Waals surface area (Å²) in [7, 11) is 0. The second kappa shape index (κ2) is 5.27. The first-order valence-corrected chi connectivity index (χ1v) is 7.47. The molecule has 16 heavy (non-hydrogen) atoms. The summed E-state index contributed by atoms with van der Waals surface area (Å²) in [4.78, 5) is 2.60. The van der Waals surface area contributed by atoms with Gasteiger partial charge in [-0.2, -0.15) is 0 Å². The van der Waals surface area contributed by atoms with Gasteiger partial charge in [-0.15, -0.1) is 11.6 Å². The Labute approximate surface area is 106 Å². The van der Waals surface area contributed by atoms with E-state index < -0.39 is 0 Å². The number of piperidine rings is 1. The van der Waals surface area contributed by atoms with Crippen LogP contribution in [0.25, 0.3) is 0 Å². The second-order valence-electron chi connectivity index (χ2n) is 5.79. The first kappa shape index (κ1) is 12.7. The molecular formula is C14H26ClN. The Balaban J connectivity index is 2.04. The van der Waals surface area contributed by atoms with Crippen molar-refractivity contribution < 1.29 is 0 Å². The van der Waals surface area contributed by atoms with E-state index in [-0.39, 0.29) is 0 Å². The Morgan fingerprint density at radius 3 is 2.69 bits per heavy atom. The lowest BCUT2D eigenvalue weighted by Gasteiger charge is -2.49. The van der Waals surface area contributed by atoms with E-state index in [1.165, 1.54) is 38.9 Å². The standard InChI is InChI=1S/C14H26ClN/c1-4-12-10(3)13-6-7-16(5-2)9-11(13)8-14(12)15/h10-14H,4-9H2,1-3H3. The molecule has 0 spiro atoms. The second-order valence-corrected chi connectivity index (χ2v) is 6.35. The lowest BCUT2D eigenvalue weighted by Crippen LogP contribution is -2.49. The van der Waals surface area contributed by atoms with Crippen LogP contribution in [0, 0.1) is 23.7 Å². The lowest BCUT2D eigenvalue weighted by atomic mass is 9.64. The third kappa shape index (κ3) is 2.26. The average molecular weight is 244 g/mol. The minimum absolute atomic E-state index is 0.429. The molecule has 0 N–H and O–H groups in total. The van der Waals surface area contributed by atoms with Gasteiger partial charge in [0.15, 0.2) is 0 Å². The molecule has 1 heterocycles. The molecule has 0 amide bonds. The number of hydrogen-bond acceptors (Lipinski definition) is 1. The summed E-state index contributed by atoms with van der Waals surface area (Å²) in [6.45, 7) is 10.8. The van der Waals surface area contributed by atoms with Crippen molar-refractivity contribution in [1.29, 1.82) is 0 Å². The van der Waals surface area contributed by atoms with E-state index in [1.807, 2.05) is 0 Å². The van der Waals surface area contributed by atoms with Gasteiger partial charge in [0.05, 0.1) is 0 Å². The van der Waals surface area contributed by atoms with Crippen molar-refractivity contribution in [2.75, 3.05) is 19.6 Å². The van der Waals surface area contributed by atoms with Crippen molar-refractivity contribution in [2.24, 2.45) is 23.7 Å². The average Bonchev–Trinajstić information content (AvgIpc) is 2.28. The van der Waals surface area contributed by atoms with E-state index in [1.54, 1.807) is 0 Å². The van der Waals surface area contributed by atoms with Crippen LogP contribution in [0.5, 0.6) is 0 Å². The summed E-state index contributed by atoms with van der Waals surface area (Å²) in [6, 6.07) is 0. The highest BCUT2D eigenvalue weighted by Crippen LogP contribution is 2.46. The summed E-state index contributed by atoms with van der Waals surface area (Å²) in [6.07, 6.45) is 3.92. The van der Waals surface area contributed by atoms with Gasteiger partial charge in [-0.1, -0.05) is 27.2 Å². The predicted molar refractivity (Wildman–Crippen MR) is 70.9 cm³/mol. The molecule has 2 aliphatic rings. The molecule has 0 aromatic carbocycles. The summed E-state index contributed by atoms with van der Waals surface area (Å²) in [5, 5.41) is 0.429. The van der Waals surface area contributed by atoms with Crippen molar-refractivity contribution >= 4 is 11.6 Å². The van der Waals surface area contributed by atoms with Gasteiger partial charge in [-0.25, -0.2) is 0 Å². The minimum Gasteiger partial charge on any atom is -0.303 e. The molecule has 2 fully saturated rings. The Morgan fingerprint density at radius 1 is 1.31 bits per heavy atom. The smallest absolute Gasteiger partial charge is 0.0370 e. The molecule has 2 heteroatoms. The van der Waals surface area contributed by atoms with E-state index in [2.05, 4.69) is 25.7 Å². The van der Waals surface area contributed by atoms with Gasteiger partial charge in [0.1, 0.15) is 0 Å². The largest absolute Gasteiger partial charge is 0.303 e. The van der Waals surface area contributed by atoms with Crippen LogP contribution in [0.4, 0.5) is 0 Å². The van der Waals surface area contributed by atoms with E-state index in [0.717, 1.165) is 23.7 Å². The maximum absolute atomic E-state index is 6.57. The highest BCUT2D eigenvalue weighted by atomic mass is 35.5. The van der Waals surface area contributed by atoms with Gasteiger partial charge >= 0.3 is 0 Å². The molecule has 0 aromatic rings. The number of halogens is 1. The quantitative estimate of drug-likeness (QED) is 0.670. The Kier molecular flexibility index (Phi) is 4.18. The molecule has 1 saturated carbocycles. The van der Waals surface area contributed by atoms with Crippen molar-refractivity contribution in [3.8, 4) is 0 Å². The normalized spacial score (nSPS) is 45.4. The fourth-order valence-corrected chi connectivity index (χ4v) is 4.73. The molecular weight excluding hydrogens is 218 g/mol. The Bertz CT molecular complexity index is 231. The van der Waals surface area contributed by atoms with Gasteiger partial charge in [-0.05, 0) is 49.6 Å². The molecule has 94 valence electrons.